The average molecular weight is 454 g/mol. The van der Waals surface area contributed by atoms with Gasteiger partial charge in [0.25, 0.3) is 0 Å². The molecular weight excluding hydrogens is 422 g/mol. The number of aromatic nitrogens is 2. The molecule has 1 aromatic carbocycles. The Morgan fingerprint density at radius 3 is 2.34 bits per heavy atom. The van der Waals surface area contributed by atoms with Crippen molar-refractivity contribution in [2.45, 2.75) is 56.6 Å². The zero-order chi connectivity index (χ0) is 21.5. The van der Waals surface area contributed by atoms with Gasteiger partial charge in [-0.1, -0.05) is 18.0 Å². The molecule has 0 N–H and O–H groups in total. The summed E-state index contributed by atoms with van der Waals surface area (Å²) in [6.45, 7) is 6.24. The molecule has 2 aromatic rings. The molecule has 0 atom stereocenters. The molecule has 1 spiro atoms. The van der Waals surface area contributed by atoms with Crippen LogP contribution in [-0.4, -0.2) is 66.0 Å². The SMILES string of the molecule is Clc1ccc(N2CCN(c3ccc4c(c3)CCC3(CCN(C5CCC5)CC3)O4)CC2)nn1. The third-order valence-corrected chi connectivity index (χ3v) is 8.31. The van der Waals surface area contributed by atoms with Crippen molar-refractivity contribution in [2.24, 2.45) is 0 Å². The Hall–Kier alpha value is -2.05. The van der Waals surface area contributed by atoms with Crippen LogP contribution in [0.1, 0.15) is 44.1 Å². The van der Waals surface area contributed by atoms with E-state index in [0.29, 0.717) is 5.15 Å². The van der Waals surface area contributed by atoms with Crippen molar-refractivity contribution >= 4 is 23.1 Å². The first-order valence-corrected chi connectivity index (χ1v) is 12.6. The van der Waals surface area contributed by atoms with E-state index >= 15 is 0 Å². The van der Waals surface area contributed by atoms with Crippen molar-refractivity contribution in [1.29, 1.82) is 0 Å². The standard InChI is InChI=1S/C25H32ClN5O/c26-23-6-7-24(28-27-23)31-16-14-30(15-17-31)21-4-5-22-19(18-21)8-9-25(32-22)10-12-29(13-11-25)20-2-1-3-20/h4-7,18,20H,1-3,8-17H2. The number of hydrogen-bond donors (Lipinski definition) is 0. The van der Waals surface area contributed by atoms with E-state index in [-0.39, 0.29) is 5.60 Å². The first kappa shape index (κ1) is 20.5. The lowest BCUT2D eigenvalue weighted by Gasteiger charge is -2.48. The highest BCUT2D eigenvalue weighted by atomic mass is 35.5. The van der Waals surface area contributed by atoms with Gasteiger partial charge in [-0.15, -0.1) is 10.2 Å². The van der Waals surface area contributed by atoms with E-state index in [1.54, 1.807) is 0 Å². The van der Waals surface area contributed by atoms with Gasteiger partial charge in [0, 0.05) is 51.0 Å². The molecule has 32 heavy (non-hydrogen) atoms. The van der Waals surface area contributed by atoms with Gasteiger partial charge < -0.3 is 19.4 Å². The molecule has 1 aliphatic carbocycles. The van der Waals surface area contributed by atoms with Gasteiger partial charge in [-0.25, -0.2) is 0 Å². The van der Waals surface area contributed by atoms with Crippen LogP contribution in [-0.2, 0) is 6.42 Å². The number of ether oxygens (including phenoxy) is 1. The van der Waals surface area contributed by atoms with Crippen molar-refractivity contribution in [3.05, 3.63) is 41.0 Å². The fourth-order valence-corrected chi connectivity index (χ4v) is 5.88. The number of benzene rings is 1. The van der Waals surface area contributed by atoms with E-state index in [9.17, 15) is 0 Å². The maximum Gasteiger partial charge on any atom is 0.151 e. The summed E-state index contributed by atoms with van der Waals surface area (Å²) in [6, 6.07) is 11.5. The van der Waals surface area contributed by atoms with Gasteiger partial charge in [-0.2, -0.15) is 0 Å². The van der Waals surface area contributed by atoms with Gasteiger partial charge in [0.2, 0.25) is 0 Å². The molecular formula is C25H32ClN5O. The zero-order valence-corrected chi connectivity index (χ0v) is 19.4. The maximum atomic E-state index is 6.69. The van der Waals surface area contributed by atoms with Crippen molar-refractivity contribution in [3.8, 4) is 5.75 Å². The van der Waals surface area contributed by atoms with E-state index in [2.05, 4.69) is 43.1 Å². The number of piperazine rings is 1. The fourth-order valence-electron chi connectivity index (χ4n) is 5.78. The number of likely N-dealkylation sites (tertiary alicyclic amines) is 1. The Balaban J connectivity index is 1.08. The summed E-state index contributed by atoms with van der Waals surface area (Å²) in [6.07, 6.45) is 8.88. The lowest BCUT2D eigenvalue weighted by Crippen LogP contribution is -2.53. The minimum atomic E-state index is 0.0694. The van der Waals surface area contributed by atoms with Gasteiger partial charge in [0.15, 0.2) is 11.0 Å². The summed E-state index contributed by atoms with van der Waals surface area (Å²) >= 11 is 5.87. The molecule has 1 saturated carbocycles. The Labute approximate surface area is 195 Å². The minimum absolute atomic E-state index is 0.0694. The Morgan fingerprint density at radius 1 is 0.875 bits per heavy atom. The number of halogens is 1. The van der Waals surface area contributed by atoms with Crippen LogP contribution in [0.5, 0.6) is 5.75 Å². The largest absolute Gasteiger partial charge is 0.487 e. The average Bonchev–Trinajstić information content (AvgIpc) is 2.80. The molecule has 170 valence electrons. The number of piperidine rings is 1. The lowest BCUT2D eigenvalue weighted by molar-refractivity contribution is -0.0336. The zero-order valence-electron chi connectivity index (χ0n) is 18.7. The summed E-state index contributed by atoms with van der Waals surface area (Å²) < 4.78 is 6.69. The number of anilines is 2. The predicted octanol–water partition coefficient (Wildman–Crippen LogP) is 4.17. The van der Waals surface area contributed by atoms with Crippen molar-refractivity contribution < 1.29 is 4.74 Å². The molecule has 0 amide bonds. The molecule has 3 fully saturated rings. The summed E-state index contributed by atoms with van der Waals surface area (Å²) in [7, 11) is 0. The molecule has 0 bridgehead atoms. The third-order valence-electron chi connectivity index (χ3n) is 8.11. The van der Waals surface area contributed by atoms with E-state index < -0.39 is 0 Å². The monoisotopic (exact) mass is 453 g/mol. The van der Waals surface area contributed by atoms with Gasteiger partial charge in [0.05, 0.1) is 0 Å². The van der Waals surface area contributed by atoms with Crippen molar-refractivity contribution in [1.82, 2.24) is 15.1 Å². The van der Waals surface area contributed by atoms with Crippen molar-refractivity contribution in [3.63, 3.8) is 0 Å². The Kier molecular flexibility index (Phi) is 5.38. The molecule has 3 aliphatic heterocycles. The molecule has 7 heteroatoms. The first-order valence-electron chi connectivity index (χ1n) is 12.2. The molecule has 4 heterocycles. The molecule has 0 unspecified atom stereocenters. The third kappa shape index (κ3) is 3.92. The van der Waals surface area contributed by atoms with Gasteiger partial charge in [-0.05, 0) is 74.4 Å². The number of rotatable bonds is 3. The predicted molar refractivity (Wildman–Crippen MR) is 128 cm³/mol. The van der Waals surface area contributed by atoms with E-state index in [4.69, 9.17) is 16.3 Å². The van der Waals surface area contributed by atoms with Gasteiger partial charge in [-0.3, -0.25) is 0 Å². The van der Waals surface area contributed by atoms with Gasteiger partial charge >= 0.3 is 0 Å². The van der Waals surface area contributed by atoms with Crippen LogP contribution < -0.4 is 14.5 Å². The highest BCUT2D eigenvalue weighted by Gasteiger charge is 2.41. The van der Waals surface area contributed by atoms with E-state index in [0.717, 1.165) is 56.6 Å². The van der Waals surface area contributed by atoms with Crippen molar-refractivity contribution in [2.75, 3.05) is 49.1 Å². The minimum Gasteiger partial charge on any atom is -0.487 e. The maximum absolute atomic E-state index is 6.69. The van der Waals surface area contributed by atoms with Gasteiger partial charge in [0.1, 0.15) is 11.4 Å². The number of nitrogens with zero attached hydrogens (tertiary/aromatic N) is 5. The highest BCUT2D eigenvalue weighted by Crippen LogP contribution is 2.42. The van der Waals surface area contributed by atoms with Crippen LogP contribution >= 0.6 is 11.6 Å². The molecule has 1 aromatic heterocycles. The molecule has 6 nitrogen and oxygen atoms in total. The second kappa shape index (κ2) is 8.38. The van der Waals surface area contributed by atoms with Crippen LogP contribution in [0.4, 0.5) is 11.5 Å². The van der Waals surface area contributed by atoms with Crippen LogP contribution in [0, 0.1) is 0 Å². The first-order chi connectivity index (χ1) is 15.7. The van der Waals surface area contributed by atoms with Crippen LogP contribution in [0.2, 0.25) is 5.15 Å². The Morgan fingerprint density at radius 2 is 1.66 bits per heavy atom. The molecule has 2 saturated heterocycles. The Bertz CT molecular complexity index is 947. The van der Waals surface area contributed by atoms with E-state index in [1.165, 1.54) is 56.4 Å². The number of aryl methyl sites for hydroxylation is 1. The molecule has 0 radical (unpaired) electrons. The van der Waals surface area contributed by atoms with Crippen LogP contribution in [0.3, 0.4) is 0 Å². The number of fused-ring (bicyclic) bond motifs is 1. The topological polar surface area (TPSA) is 44.7 Å². The lowest BCUT2D eigenvalue weighted by atomic mass is 9.81. The molecule has 4 aliphatic rings. The highest BCUT2D eigenvalue weighted by molar-refractivity contribution is 6.29. The summed E-state index contributed by atoms with van der Waals surface area (Å²) in [5.74, 6) is 2.02. The summed E-state index contributed by atoms with van der Waals surface area (Å²) in [5.41, 5.74) is 2.76. The normalized spacial score (nSPS) is 23.5. The van der Waals surface area contributed by atoms with Crippen LogP contribution in [0.25, 0.3) is 0 Å². The fraction of sp³-hybridized carbons (Fsp3) is 0.600. The second-order valence-electron chi connectivity index (χ2n) is 9.89. The summed E-state index contributed by atoms with van der Waals surface area (Å²) in [5, 5.41) is 8.65. The number of hydrogen-bond acceptors (Lipinski definition) is 6. The van der Waals surface area contributed by atoms with E-state index in [1.807, 2.05) is 12.1 Å². The quantitative estimate of drug-likeness (QED) is 0.695. The summed E-state index contributed by atoms with van der Waals surface area (Å²) in [4.78, 5) is 7.47. The van der Waals surface area contributed by atoms with Crippen LogP contribution in [0.15, 0.2) is 30.3 Å². The second-order valence-corrected chi connectivity index (χ2v) is 10.3. The molecule has 6 rings (SSSR count). The smallest absolute Gasteiger partial charge is 0.151 e.